The second-order valence-electron chi connectivity index (χ2n) is 8.01. The molecule has 1 aromatic heterocycles. The molecule has 1 N–H and O–H groups in total. The van der Waals surface area contributed by atoms with Crippen LogP contribution < -0.4 is 5.32 Å². The lowest BCUT2D eigenvalue weighted by Crippen LogP contribution is -2.41. The first-order valence-corrected chi connectivity index (χ1v) is 10.9. The minimum atomic E-state index is -0.749. The first kappa shape index (κ1) is 20.9. The van der Waals surface area contributed by atoms with Gasteiger partial charge in [0.15, 0.2) is 5.58 Å². The number of amides is 1. The van der Waals surface area contributed by atoms with Crippen molar-refractivity contribution in [3.05, 3.63) is 66.1 Å². The van der Waals surface area contributed by atoms with Crippen LogP contribution in [0.25, 0.3) is 11.1 Å². The van der Waals surface area contributed by atoms with Crippen molar-refractivity contribution in [3.8, 4) is 11.8 Å². The molecular weight excluding hydrogens is 388 g/mol. The van der Waals surface area contributed by atoms with Crippen LogP contribution in [0.3, 0.4) is 0 Å². The number of hydrogen-bond acceptors (Lipinski definition) is 4. The van der Waals surface area contributed by atoms with E-state index in [9.17, 15) is 9.59 Å². The smallest absolute Gasteiger partial charge is 0.296 e. The van der Waals surface area contributed by atoms with E-state index in [4.69, 9.17) is 4.42 Å². The largest absolute Gasteiger partial charge is 0.434 e. The Balaban J connectivity index is 1.49. The van der Waals surface area contributed by atoms with E-state index >= 15 is 0 Å². The lowest BCUT2D eigenvalue weighted by molar-refractivity contribution is -0.116. The fourth-order valence-electron chi connectivity index (χ4n) is 3.96. The summed E-state index contributed by atoms with van der Waals surface area (Å²) >= 11 is 0. The van der Waals surface area contributed by atoms with Gasteiger partial charge in [-0.25, -0.2) is 4.98 Å². The Bertz CT molecular complexity index is 1070. The average Bonchev–Trinajstić information content (AvgIpc) is 3.26. The van der Waals surface area contributed by atoms with Crippen LogP contribution in [0.5, 0.6) is 0 Å². The Morgan fingerprint density at radius 1 is 1.03 bits per heavy atom. The third kappa shape index (κ3) is 5.61. The second-order valence-corrected chi connectivity index (χ2v) is 8.01. The molecule has 0 saturated heterocycles. The van der Waals surface area contributed by atoms with Gasteiger partial charge in [0.25, 0.3) is 11.8 Å². The fraction of sp³-hybridized carbons (Fsp3) is 0.346. The van der Waals surface area contributed by atoms with E-state index in [0.29, 0.717) is 23.9 Å². The Morgan fingerprint density at radius 2 is 1.77 bits per heavy atom. The number of nitrogens with one attached hydrogen (secondary N) is 1. The van der Waals surface area contributed by atoms with Gasteiger partial charge < -0.3 is 9.73 Å². The molecule has 1 saturated carbocycles. The van der Waals surface area contributed by atoms with Crippen LogP contribution in [0, 0.1) is 17.8 Å². The van der Waals surface area contributed by atoms with Gasteiger partial charge in [-0.3, -0.25) is 9.59 Å². The number of fused-ring (bicyclic) bond motifs is 1. The highest BCUT2D eigenvalue weighted by atomic mass is 16.4. The summed E-state index contributed by atoms with van der Waals surface area (Å²) in [6.45, 7) is 0. The van der Waals surface area contributed by atoms with Crippen molar-refractivity contribution in [2.75, 3.05) is 0 Å². The van der Waals surface area contributed by atoms with E-state index in [1.54, 1.807) is 12.1 Å². The van der Waals surface area contributed by atoms with Crippen molar-refractivity contribution < 1.29 is 14.0 Å². The number of carbonyl (C=O) groups excluding carboxylic acids is 2. The summed E-state index contributed by atoms with van der Waals surface area (Å²) < 4.78 is 5.65. The normalized spacial score (nSPS) is 15.1. The molecule has 4 rings (SSSR count). The number of benzene rings is 2. The van der Waals surface area contributed by atoms with E-state index < -0.39 is 11.9 Å². The van der Waals surface area contributed by atoms with Crippen LogP contribution in [0.4, 0.5) is 0 Å². The predicted octanol–water partition coefficient (Wildman–Crippen LogP) is 4.71. The maximum Gasteiger partial charge on any atom is 0.296 e. The van der Waals surface area contributed by atoms with Crippen LogP contribution in [-0.4, -0.2) is 22.7 Å². The molecule has 0 aliphatic heterocycles. The van der Waals surface area contributed by atoms with Crippen LogP contribution in [0.15, 0.2) is 59.0 Å². The van der Waals surface area contributed by atoms with Gasteiger partial charge in [0, 0.05) is 5.92 Å². The molecule has 0 spiro atoms. The first-order chi connectivity index (χ1) is 15.2. The van der Waals surface area contributed by atoms with E-state index in [2.05, 4.69) is 22.1 Å². The van der Waals surface area contributed by atoms with Crippen molar-refractivity contribution in [1.82, 2.24) is 10.3 Å². The Hall–Kier alpha value is -3.39. The lowest BCUT2D eigenvalue weighted by atomic mass is 9.90. The zero-order valence-corrected chi connectivity index (χ0v) is 17.5. The molecule has 1 atom stereocenters. The van der Waals surface area contributed by atoms with Gasteiger partial charge >= 0.3 is 0 Å². The highest BCUT2D eigenvalue weighted by molar-refractivity contribution is 6.02. The van der Waals surface area contributed by atoms with Gasteiger partial charge in [0.05, 0.1) is 6.04 Å². The molecule has 1 heterocycles. The number of aromatic nitrogens is 1. The van der Waals surface area contributed by atoms with Gasteiger partial charge in [-0.2, -0.15) is 0 Å². The van der Waals surface area contributed by atoms with Gasteiger partial charge in [-0.15, -0.1) is 0 Å². The summed E-state index contributed by atoms with van der Waals surface area (Å²) in [7, 11) is 0. The molecule has 1 fully saturated rings. The van der Waals surface area contributed by atoms with Crippen molar-refractivity contribution in [3.63, 3.8) is 0 Å². The molecule has 31 heavy (non-hydrogen) atoms. The van der Waals surface area contributed by atoms with Crippen molar-refractivity contribution in [1.29, 1.82) is 0 Å². The van der Waals surface area contributed by atoms with Crippen LogP contribution >= 0.6 is 0 Å². The summed E-state index contributed by atoms with van der Waals surface area (Å²) in [4.78, 5) is 30.0. The first-order valence-electron chi connectivity index (χ1n) is 10.9. The third-order valence-electron chi connectivity index (χ3n) is 5.69. The monoisotopic (exact) mass is 414 g/mol. The molecule has 1 aliphatic rings. The zero-order valence-electron chi connectivity index (χ0n) is 17.5. The minimum absolute atomic E-state index is 0.0137. The quantitative estimate of drug-likeness (QED) is 0.468. The predicted molar refractivity (Wildman–Crippen MR) is 119 cm³/mol. The van der Waals surface area contributed by atoms with Gasteiger partial charge in [-0.1, -0.05) is 67.6 Å². The van der Waals surface area contributed by atoms with E-state index in [-0.39, 0.29) is 17.6 Å². The summed E-state index contributed by atoms with van der Waals surface area (Å²) in [6.07, 6.45) is 6.74. The van der Waals surface area contributed by atoms with Crippen molar-refractivity contribution in [2.45, 2.75) is 51.0 Å². The molecule has 158 valence electrons. The number of ketones is 1. The van der Waals surface area contributed by atoms with E-state index in [1.165, 1.54) is 6.42 Å². The van der Waals surface area contributed by atoms with Gasteiger partial charge in [-0.05, 0) is 49.3 Å². The SMILES string of the molecule is O=C(C#CC1CCCCC1)N[C@@H](CCc1ccccc1)C(=O)c1nc2ccccc2o1. The second kappa shape index (κ2) is 10.1. The van der Waals surface area contributed by atoms with Crippen LogP contribution in [-0.2, 0) is 11.2 Å². The summed E-state index contributed by atoms with van der Waals surface area (Å²) in [5, 5.41) is 2.81. The van der Waals surface area contributed by atoms with E-state index in [0.717, 1.165) is 31.2 Å². The number of oxazole rings is 1. The molecular formula is C26H26N2O3. The minimum Gasteiger partial charge on any atom is -0.434 e. The highest BCUT2D eigenvalue weighted by Gasteiger charge is 2.26. The fourth-order valence-corrected chi connectivity index (χ4v) is 3.96. The van der Waals surface area contributed by atoms with Crippen LogP contribution in [0.2, 0.25) is 0 Å². The van der Waals surface area contributed by atoms with Crippen molar-refractivity contribution in [2.24, 2.45) is 5.92 Å². The third-order valence-corrected chi connectivity index (χ3v) is 5.69. The number of carbonyl (C=O) groups is 2. The standard InChI is InChI=1S/C26H26N2O3/c29-24(18-16-20-11-5-2-6-12-20)27-22(17-15-19-9-3-1-4-10-19)25(30)26-28-21-13-7-8-14-23(21)31-26/h1,3-4,7-10,13-14,20,22H,2,5-6,11-12,15,17H2,(H,27,29)/t22-/m0/s1. The maximum absolute atomic E-state index is 13.2. The summed E-state index contributed by atoms with van der Waals surface area (Å²) in [5.74, 6) is 5.33. The molecule has 0 bridgehead atoms. The summed E-state index contributed by atoms with van der Waals surface area (Å²) in [5.41, 5.74) is 2.27. The number of hydrogen-bond donors (Lipinski definition) is 1. The molecule has 5 heteroatoms. The zero-order chi connectivity index (χ0) is 21.5. The number of nitrogens with zero attached hydrogens (tertiary/aromatic N) is 1. The number of rotatable bonds is 6. The molecule has 0 radical (unpaired) electrons. The molecule has 1 aliphatic carbocycles. The molecule has 5 nitrogen and oxygen atoms in total. The number of aryl methyl sites for hydroxylation is 1. The Labute approximate surface area is 182 Å². The lowest BCUT2D eigenvalue weighted by Gasteiger charge is -2.16. The Morgan fingerprint density at radius 3 is 2.55 bits per heavy atom. The maximum atomic E-state index is 13.2. The van der Waals surface area contributed by atoms with E-state index in [1.807, 2.05) is 42.5 Å². The molecule has 1 amide bonds. The molecule has 2 aromatic carbocycles. The highest BCUT2D eigenvalue weighted by Crippen LogP contribution is 2.22. The molecule has 3 aromatic rings. The van der Waals surface area contributed by atoms with Gasteiger partial charge in [0.1, 0.15) is 5.52 Å². The van der Waals surface area contributed by atoms with Crippen LogP contribution in [0.1, 0.15) is 54.8 Å². The number of para-hydroxylation sites is 2. The molecule has 0 unspecified atom stereocenters. The summed E-state index contributed by atoms with van der Waals surface area (Å²) in [6, 6.07) is 16.4. The Kier molecular flexibility index (Phi) is 6.78. The van der Waals surface area contributed by atoms with Gasteiger partial charge in [0.2, 0.25) is 5.78 Å². The topological polar surface area (TPSA) is 72.2 Å². The number of Topliss-reactive ketones (excluding diaryl/α,β-unsaturated/α-hetero) is 1. The average molecular weight is 415 g/mol. The van der Waals surface area contributed by atoms with Crippen molar-refractivity contribution >= 4 is 22.8 Å².